The minimum Gasteiger partial charge on any atom is -0.345 e. The Labute approximate surface area is 233 Å². The fourth-order valence-electron chi connectivity index (χ4n) is 3.01. The Kier molecular flexibility index (Phi) is 9.38. The Bertz CT molecular complexity index is 1420. The van der Waals surface area contributed by atoms with Gasteiger partial charge in [-0.15, -0.1) is 20.4 Å². The van der Waals surface area contributed by atoms with Crippen LogP contribution in [0.2, 0.25) is 10.0 Å². The number of carbonyl (C=O) groups excluding carboxylic acids is 2. The van der Waals surface area contributed by atoms with Gasteiger partial charge in [-0.3, -0.25) is 19.5 Å². The molecule has 0 aliphatic rings. The van der Waals surface area contributed by atoms with Gasteiger partial charge in [0.15, 0.2) is 15.3 Å². The quantitative estimate of drug-likeness (QED) is 0.186. The summed E-state index contributed by atoms with van der Waals surface area (Å²) < 4.78 is 16.0. The minimum absolute atomic E-state index is 0.00240. The van der Waals surface area contributed by atoms with Crippen LogP contribution in [0.15, 0.2) is 52.0 Å². The largest absolute Gasteiger partial charge is 0.345 e. The predicted octanol–water partition coefficient (Wildman–Crippen LogP) is 5.34. The smallest absolute Gasteiger partial charge is 0.253 e. The molecular formula is C22H18Cl2FN7O2S3. The fourth-order valence-corrected chi connectivity index (χ4v) is 5.94. The molecule has 2 aromatic carbocycles. The van der Waals surface area contributed by atoms with Crippen molar-refractivity contribution >= 4 is 75.0 Å². The normalized spacial score (nSPS) is 10.9. The summed E-state index contributed by atoms with van der Waals surface area (Å²) in [5.41, 5.74) is 0.816. The molecule has 4 rings (SSSR count). The number of hydrogen-bond acceptors (Lipinski definition) is 9. The first kappa shape index (κ1) is 27.3. The average molecular weight is 599 g/mol. The van der Waals surface area contributed by atoms with Crippen molar-refractivity contribution in [3.05, 3.63) is 69.7 Å². The van der Waals surface area contributed by atoms with Crippen LogP contribution in [0.5, 0.6) is 0 Å². The predicted molar refractivity (Wildman–Crippen MR) is 145 cm³/mol. The molecule has 0 aliphatic heterocycles. The number of rotatable bonds is 10. The summed E-state index contributed by atoms with van der Waals surface area (Å²) in [6.45, 7) is 2.00. The van der Waals surface area contributed by atoms with Crippen LogP contribution in [0, 0.1) is 5.82 Å². The van der Waals surface area contributed by atoms with Crippen LogP contribution >= 0.6 is 58.1 Å². The fraction of sp³-hybridized carbons (Fsp3) is 0.182. The number of hydrogen-bond donors (Lipinski definition) is 2. The highest BCUT2D eigenvalue weighted by Gasteiger charge is 2.18. The summed E-state index contributed by atoms with van der Waals surface area (Å²) in [6.07, 6.45) is 0. The van der Waals surface area contributed by atoms with Gasteiger partial charge in [-0.25, -0.2) is 4.39 Å². The number of thioether (sulfide) groups is 2. The van der Waals surface area contributed by atoms with E-state index in [4.69, 9.17) is 23.2 Å². The average Bonchev–Trinajstić information content (AvgIpc) is 3.48. The molecule has 2 aromatic heterocycles. The lowest BCUT2D eigenvalue weighted by molar-refractivity contribution is -0.113. The Hall–Kier alpha value is -2.71. The molecule has 15 heteroatoms. The molecular weight excluding hydrogens is 580 g/mol. The highest BCUT2D eigenvalue weighted by Crippen LogP contribution is 2.26. The number of nitrogens with one attached hydrogen (secondary N) is 2. The standard InChI is InChI=1S/C22H18Cl2FN7O2S3/c1-2-35-22-31-29-20(37-22)27-18(33)11-36-21-30-28-17(32(21)14-6-4-13(25)5-7-14)10-26-19(34)15-8-3-12(23)9-16(15)24/h3-9H,2,10-11H2,1H3,(H,26,34)(H,27,29,33). The Morgan fingerprint density at radius 2 is 1.84 bits per heavy atom. The van der Waals surface area contributed by atoms with Crippen LogP contribution in [0.25, 0.3) is 5.69 Å². The molecule has 37 heavy (non-hydrogen) atoms. The lowest BCUT2D eigenvalue weighted by Gasteiger charge is -2.11. The van der Waals surface area contributed by atoms with E-state index in [1.54, 1.807) is 34.5 Å². The molecule has 0 radical (unpaired) electrons. The molecule has 0 spiro atoms. The molecule has 0 aliphatic carbocycles. The topological polar surface area (TPSA) is 115 Å². The van der Waals surface area contributed by atoms with Gasteiger partial charge in [0.1, 0.15) is 5.82 Å². The van der Waals surface area contributed by atoms with Crippen LogP contribution in [0.3, 0.4) is 0 Å². The first-order valence-corrected chi connectivity index (χ1v) is 14.2. The monoisotopic (exact) mass is 597 g/mol. The van der Waals surface area contributed by atoms with Crippen molar-refractivity contribution < 1.29 is 14.0 Å². The van der Waals surface area contributed by atoms with E-state index in [2.05, 4.69) is 31.0 Å². The number of benzene rings is 2. The molecule has 0 unspecified atom stereocenters. The number of halogens is 3. The lowest BCUT2D eigenvalue weighted by atomic mass is 10.2. The molecule has 2 N–H and O–H groups in total. The zero-order valence-corrected chi connectivity index (χ0v) is 23.0. The third-order valence-electron chi connectivity index (χ3n) is 4.62. The molecule has 0 saturated carbocycles. The summed E-state index contributed by atoms with van der Waals surface area (Å²) in [5, 5.41) is 23.2. The van der Waals surface area contributed by atoms with Crippen molar-refractivity contribution in [2.24, 2.45) is 0 Å². The van der Waals surface area contributed by atoms with Crippen molar-refractivity contribution in [1.29, 1.82) is 0 Å². The third-order valence-corrected chi connectivity index (χ3v) is 7.95. The maximum absolute atomic E-state index is 13.6. The molecule has 9 nitrogen and oxygen atoms in total. The second-order valence-electron chi connectivity index (χ2n) is 7.16. The summed E-state index contributed by atoms with van der Waals surface area (Å²) >= 11 is 16.0. The third kappa shape index (κ3) is 7.20. The van der Waals surface area contributed by atoms with E-state index in [9.17, 15) is 14.0 Å². The number of aromatic nitrogens is 5. The van der Waals surface area contributed by atoms with Gasteiger partial charge in [-0.1, -0.05) is 65.0 Å². The zero-order chi connectivity index (χ0) is 26.4. The highest BCUT2D eigenvalue weighted by molar-refractivity contribution is 8.01. The number of carbonyl (C=O) groups is 2. The Balaban J connectivity index is 1.48. The van der Waals surface area contributed by atoms with Gasteiger partial charge in [-0.2, -0.15) is 0 Å². The second-order valence-corrected chi connectivity index (χ2v) is 11.4. The number of nitrogens with zero attached hydrogens (tertiary/aromatic N) is 5. The summed E-state index contributed by atoms with van der Waals surface area (Å²) in [6, 6.07) is 10.3. The molecule has 2 amide bonds. The van der Waals surface area contributed by atoms with Gasteiger partial charge in [0, 0.05) is 10.7 Å². The second kappa shape index (κ2) is 12.7. The van der Waals surface area contributed by atoms with E-state index in [1.165, 1.54) is 35.6 Å². The van der Waals surface area contributed by atoms with Gasteiger partial charge >= 0.3 is 0 Å². The molecule has 2 heterocycles. The first-order valence-electron chi connectivity index (χ1n) is 10.7. The van der Waals surface area contributed by atoms with Crippen molar-refractivity contribution in [3.63, 3.8) is 0 Å². The minimum atomic E-state index is -0.429. The molecule has 0 saturated heterocycles. The van der Waals surface area contributed by atoms with Crippen LogP contribution in [-0.2, 0) is 11.3 Å². The van der Waals surface area contributed by atoms with Crippen molar-refractivity contribution in [1.82, 2.24) is 30.3 Å². The molecule has 4 aromatic rings. The van der Waals surface area contributed by atoms with E-state index in [-0.39, 0.29) is 28.8 Å². The van der Waals surface area contributed by atoms with Crippen molar-refractivity contribution in [3.8, 4) is 5.69 Å². The van der Waals surface area contributed by atoms with Gasteiger partial charge in [0.25, 0.3) is 5.91 Å². The van der Waals surface area contributed by atoms with Gasteiger partial charge in [0.05, 0.1) is 22.9 Å². The Morgan fingerprint density at radius 1 is 1.05 bits per heavy atom. The van der Waals surface area contributed by atoms with Crippen LogP contribution in [-0.4, -0.2) is 48.3 Å². The van der Waals surface area contributed by atoms with E-state index in [1.807, 2.05) is 6.92 Å². The van der Waals surface area contributed by atoms with Crippen LogP contribution < -0.4 is 10.6 Å². The van der Waals surface area contributed by atoms with E-state index >= 15 is 0 Å². The Morgan fingerprint density at radius 3 is 2.57 bits per heavy atom. The maximum Gasteiger partial charge on any atom is 0.253 e. The van der Waals surface area contributed by atoms with Gasteiger partial charge in [-0.05, 0) is 48.2 Å². The first-order chi connectivity index (χ1) is 17.8. The van der Waals surface area contributed by atoms with Crippen molar-refractivity contribution in [2.75, 3.05) is 16.8 Å². The molecule has 0 bridgehead atoms. The lowest BCUT2D eigenvalue weighted by Crippen LogP contribution is -2.25. The summed E-state index contributed by atoms with van der Waals surface area (Å²) in [5.74, 6) is 0.111. The van der Waals surface area contributed by atoms with Gasteiger partial charge < -0.3 is 5.32 Å². The summed E-state index contributed by atoms with van der Waals surface area (Å²) in [4.78, 5) is 25.2. The SMILES string of the molecule is CCSc1nnc(NC(=O)CSc2nnc(CNC(=O)c3ccc(Cl)cc3Cl)n2-c2ccc(F)cc2)s1. The molecule has 0 atom stereocenters. The highest BCUT2D eigenvalue weighted by atomic mass is 35.5. The number of amides is 2. The van der Waals surface area contributed by atoms with E-state index in [0.717, 1.165) is 21.9 Å². The van der Waals surface area contributed by atoms with E-state index in [0.29, 0.717) is 26.8 Å². The maximum atomic E-state index is 13.6. The number of anilines is 1. The zero-order valence-electron chi connectivity index (χ0n) is 19.1. The van der Waals surface area contributed by atoms with Crippen LogP contribution in [0.4, 0.5) is 9.52 Å². The molecule has 192 valence electrons. The molecule has 0 fully saturated rings. The van der Waals surface area contributed by atoms with E-state index < -0.39 is 11.7 Å². The van der Waals surface area contributed by atoms with Crippen LogP contribution in [0.1, 0.15) is 23.1 Å². The van der Waals surface area contributed by atoms with Crippen molar-refractivity contribution in [2.45, 2.75) is 23.0 Å². The van der Waals surface area contributed by atoms with Gasteiger partial charge in [0.2, 0.25) is 11.0 Å². The summed E-state index contributed by atoms with van der Waals surface area (Å²) in [7, 11) is 0.